The minimum atomic E-state index is -0.785. The summed E-state index contributed by atoms with van der Waals surface area (Å²) >= 11 is 0. The molecule has 1 aromatic rings. The van der Waals surface area contributed by atoms with Crippen molar-refractivity contribution in [2.45, 2.75) is 25.8 Å². The molecule has 0 spiro atoms. The lowest BCUT2D eigenvalue weighted by atomic mass is 10.1. The second-order valence-electron chi connectivity index (χ2n) is 4.31. The van der Waals surface area contributed by atoms with Gasteiger partial charge in [-0.3, -0.25) is 9.59 Å². The van der Waals surface area contributed by atoms with E-state index in [9.17, 15) is 9.59 Å². The lowest BCUT2D eigenvalue weighted by molar-refractivity contribution is -0.117. The molecule has 5 nitrogen and oxygen atoms in total. The minimum Gasteiger partial charge on any atom is -0.352 e. The summed E-state index contributed by atoms with van der Waals surface area (Å²) in [5, 5.41) is 5.39. The standard InChI is InChI=1S/C15H19N3O2/c1-3-7-12(16)15(20)18-13-9-6-5-8-11(13)14(19)17-10-4-2/h1,5-6,8-9,12H,4,7,10,16H2,2H3,(H,17,19)(H,18,20). The van der Waals surface area contributed by atoms with Crippen molar-refractivity contribution in [2.75, 3.05) is 11.9 Å². The van der Waals surface area contributed by atoms with Crippen molar-refractivity contribution in [1.29, 1.82) is 0 Å². The zero-order valence-corrected chi connectivity index (χ0v) is 11.5. The Balaban J connectivity index is 2.83. The normalized spacial score (nSPS) is 11.2. The largest absolute Gasteiger partial charge is 0.352 e. The highest BCUT2D eigenvalue weighted by Crippen LogP contribution is 2.15. The van der Waals surface area contributed by atoms with Crippen LogP contribution in [0.1, 0.15) is 30.1 Å². The molecule has 1 rings (SSSR count). The van der Waals surface area contributed by atoms with Gasteiger partial charge in [0, 0.05) is 13.0 Å². The Kier molecular flexibility index (Phi) is 6.27. The highest BCUT2D eigenvalue weighted by Gasteiger charge is 2.16. The first-order chi connectivity index (χ1) is 9.60. The van der Waals surface area contributed by atoms with Crippen molar-refractivity contribution in [3.8, 4) is 12.3 Å². The van der Waals surface area contributed by atoms with E-state index in [1.165, 1.54) is 0 Å². The smallest absolute Gasteiger partial charge is 0.253 e. The van der Waals surface area contributed by atoms with Gasteiger partial charge in [0.2, 0.25) is 5.91 Å². The van der Waals surface area contributed by atoms with Gasteiger partial charge in [-0.2, -0.15) is 0 Å². The van der Waals surface area contributed by atoms with Crippen LogP contribution in [0.15, 0.2) is 24.3 Å². The van der Waals surface area contributed by atoms with Gasteiger partial charge in [0.1, 0.15) is 0 Å². The summed E-state index contributed by atoms with van der Waals surface area (Å²) in [5.41, 5.74) is 6.46. The van der Waals surface area contributed by atoms with Crippen LogP contribution >= 0.6 is 0 Å². The molecule has 0 fully saturated rings. The van der Waals surface area contributed by atoms with Crippen LogP contribution in [0.4, 0.5) is 5.69 Å². The van der Waals surface area contributed by atoms with Crippen LogP contribution in [0.3, 0.4) is 0 Å². The molecule has 0 heterocycles. The Hall–Kier alpha value is -2.32. The van der Waals surface area contributed by atoms with Crippen LogP contribution in [0, 0.1) is 12.3 Å². The van der Waals surface area contributed by atoms with E-state index in [0.717, 1.165) is 6.42 Å². The van der Waals surface area contributed by atoms with Crippen molar-refractivity contribution in [1.82, 2.24) is 5.32 Å². The average Bonchev–Trinajstić information content (AvgIpc) is 2.45. The molecule has 0 aromatic heterocycles. The molecule has 0 radical (unpaired) electrons. The quantitative estimate of drug-likeness (QED) is 0.679. The molecule has 0 aliphatic heterocycles. The molecular weight excluding hydrogens is 254 g/mol. The molecule has 5 heteroatoms. The van der Waals surface area contributed by atoms with Crippen LogP contribution < -0.4 is 16.4 Å². The van der Waals surface area contributed by atoms with E-state index in [2.05, 4.69) is 16.6 Å². The van der Waals surface area contributed by atoms with Crippen molar-refractivity contribution in [2.24, 2.45) is 5.73 Å². The zero-order chi connectivity index (χ0) is 15.0. The maximum Gasteiger partial charge on any atom is 0.253 e. The number of carbonyl (C=O) groups excluding carboxylic acids is 2. The molecule has 0 saturated heterocycles. The molecule has 20 heavy (non-hydrogen) atoms. The minimum absolute atomic E-state index is 0.149. The van der Waals surface area contributed by atoms with Crippen molar-refractivity contribution in [3.05, 3.63) is 29.8 Å². The van der Waals surface area contributed by atoms with E-state index in [1.807, 2.05) is 6.92 Å². The molecule has 106 valence electrons. The van der Waals surface area contributed by atoms with Gasteiger partial charge in [0.25, 0.3) is 5.91 Å². The summed E-state index contributed by atoms with van der Waals surface area (Å²) in [6.45, 7) is 2.55. The van der Waals surface area contributed by atoms with Gasteiger partial charge in [-0.05, 0) is 18.6 Å². The van der Waals surface area contributed by atoms with Crippen LogP contribution in [-0.2, 0) is 4.79 Å². The van der Waals surface area contributed by atoms with E-state index in [-0.39, 0.29) is 12.3 Å². The Labute approximate surface area is 118 Å². The molecule has 1 atom stereocenters. The maximum absolute atomic E-state index is 12.0. The van der Waals surface area contributed by atoms with Gasteiger partial charge in [0.05, 0.1) is 17.3 Å². The lowest BCUT2D eigenvalue weighted by Gasteiger charge is -2.13. The van der Waals surface area contributed by atoms with Gasteiger partial charge in [-0.1, -0.05) is 19.1 Å². The molecule has 2 amide bonds. The van der Waals surface area contributed by atoms with Crippen molar-refractivity contribution >= 4 is 17.5 Å². The maximum atomic E-state index is 12.0. The molecule has 0 saturated carbocycles. The highest BCUT2D eigenvalue weighted by atomic mass is 16.2. The number of amides is 2. The molecule has 4 N–H and O–H groups in total. The molecule has 0 bridgehead atoms. The van der Waals surface area contributed by atoms with E-state index >= 15 is 0 Å². The van der Waals surface area contributed by atoms with Crippen molar-refractivity contribution in [3.63, 3.8) is 0 Å². The third kappa shape index (κ3) is 4.41. The molecule has 0 aliphatic carbocycles. The van der Waals surface area contributed by atoms with E-state index < -0.39 is 11.9 Å². The highest BCUT2D eigenvalue weighted by molar-refractivity contribution is 6.04. The molecule has 0 aliphatic rings. The first-order valence-electron chi connectivity index (χ1n) is 6.47. The third-order valence-corrected chi connectivity index (χ3v) is 2.64. The van der Waals surface area contributed by atoms with Crippen LogP contribution in [0.25, 0.3) is 0 Å². The van der Waals surface area contributed by atoms with Crippen LogP contribution in [-0.4, -0.2) is 24.4 Å². The fraction of sp³-hybridized carbons (Fsp3) is 0.333. The van der Waals surface area contributed by atoms with Crippen LogP contribution in [0.5, 0.6) is 0 Å². The number of rotatable bonds is 6. The van der Waals surface area contributed by atoms with Crippen LogP contribution in [0.2, 0.25) is 0 Å². The number of nitrogens with one attached hydrogen (secondary N) is 2. The van der Waals surface area contributed by atoms with Gasteiger partial charge in [-0.15, -0.1) is 12.3 Å². The zero-order valence-electron chi connectivity index (χ0n) is 11.5. The predicted molar refractivity (Wildman–Crippen MR) is 79.1 cm³/mol. The molecular formula is C15H19N3O2. The lowest BCUT2D eigenvalue weighted by Crippen LogP contribution is -2.36. The number of terminal acetylenes is 1. The first-order valence-corrected chi connectivity index (χ1v) is 6.47. The Morgan fingerprint density at radius 3 is 2.75 bits per heavy atom. The number of hydrogen-bond acceptors (Lipinski definition) is 3. The average molecular weight is 273 g/mol. The fourth-order valence-electron chi connectivity index (χ4n) is 1.57. The van der Waals surface area contributed by atoms with E-state index in [1.54, 1.807) is 24.3 Å². The van der Waals surface area contributed by atoms with Gasteiger partial charge < -0.3 is 16.4 Å². The number of hydrogen-bond donors (Lipinski definition) is 3. The Bertz CT molecular complexity index is 520. The fourth-order valence-corrected chi connectivity index (χ4v) is 1.57. The number of benzene rings is 1. The predicted octanol–water partition coefficient (Wildman–Crippen LogP) is 1.12. The topological polar surface area (TPSA) is 84.2 Å². The van der Waals surface area contributed by atoms with Crippen molar-refractivity contribution < 1.29 is 9.59 Å². The summed E-state index contributed by atoms with van der Waals surface area (Å²) in [6.07, 6.45) is 6.11. The summed E-state index contributed by atoms with van der Waals surface area (Å²) in [7, 11) is 0. The Morgan fingerprint density at radius 1 is 1.40 bits per heavy atom. The second kappa shape index (κ2) is 7.97. The third-order valence-electron chi connectivity index (χ3n) is 2.64. The van der Waals surface area contributed by atoms with Gasteiger partial charge >= 0.3 is 0 Å². The summed E-state index contributed by atoms with van der Waals surface area (Å²) in [6, 6.07) is 5.98. The van der Waals surface area contributed by atoms with Gasteiger partial charge in [-0.25, -0.2) is 0 Å². The molecule has 1 unspecified atom stereocenters. The monoisotopic (exact) mass is 273 g/mol. The Morgan fingerprint density at radius 2 is 2.10 bits per heavy atom. The summed E-state index contributed by atoms with van der Waals surface area (Å²) in [4.78, 5) is 23.8. The van der Waals surface area contributed by atoms with E-state index in [4.69, 9.17) is 12.2 Å². The number of nitrogens with two attached hydrogens (primary N) is 1. The first kappa shape index (κ1) is 15.7. The van der Waals surface area contributed by atoms with Gasteiger partial charge in [0.15, 0.2) is 0 Å². The molecule has 1 aromatic carbocycles. The number of carbonyl (C=O) groups is 2. The SMILES string of the molecule is C#CCC(N)C(=O)Nc1ccccc1C(=O)NCCC. The second-order valence-corrected chi connectivity index (χ2v) is 4.31. The number of para-hydroxylation sites is 1. The summed E-state index contributed by atoms with van der Waals surface area (Å²) < 4.78 is 0. The number of anilines is 1. The summed E-state index contributed by atoms with van der Waals surface area (Å²) in [5.74, 6) is 1.70. The van der Waals surface area contributed by atoms with E-state index in [0.29, 0.717) is 17.8 Å².